The number of fused-ring (bicyclic) bond motifs is 1. The molecule has 1 aliphatic heterocycles. The van der Waals surface area contributed by atoms with Crippen LogP contribution in [0.4, 0.5) is 0 Å². The van der Waals surface area contributed by atoms with Gasteiger partial charge >= 0.3 is 0 Å². The number of amides is 1. The topological polar surface area (TPSA) is 105 Å². The third kappa shape index (κ3) is 5.87. The number of hydrogen-bond donors (Lipinski definition) is 2. The van der Waals surface area contributed by atoms with E-state index in [-0.39, 0.29) is 5.91 Å². The third-order valence-electron chi connectivity index (χ3n) is 6.27. The highest BCUT2D eigenvalue weighted by Gasteiger charge is 2.12. The first-order valence-electron chi connectivity index (χ1n) is 12.2. The summed E-state index contributed by atoms with van der Waals surface area (Å²) in [7, 11) is 1.63. The Morgan fingerprint density at radius 2 is 1.94 bits per heavy atom. The molecule has 1 aliphatic rings. The Labute approximate surface area is 209 Å². The van der Waals surface area contributed by atoms with E-state index in [0.29, 0.717) is 24.5 Å². The number of hydrogen-bond acceptors (Lipinski definition) is 7. The third-order valence-corrected chi connectivity index (χ3v) is 6.27. The van der Waals surface area contributed by atoms with Crippen LogP contribution in [-0.4, -0.2) is 77.2 Å². The molecule has 4 aromatic rings. The highest BCUT2D eigenvalue weighted by Crippen LogP contribution is 2.21. The van der Waals surface area contributed by atoms with Gasteiger partial charge in [-0.3, -0.25) is 14.7 Å². The van der Waals surface area contributed by atoms with E-state index in [1.165, 1.54) is 0 Å². The molecule has 5 rings (SSSR count). The van der Waals surface area contributed by atoms with Gasteiger partial charge in [-0.2, -0.15) is 0 Å². The van der Waals surface area contributed by atoms with Gasteiger partial charge in [0.05, 0.1) is 31.7 Å². The van der Waals surface area contributed by atoms with E-state index in [9.17, 15) is 4.79 Å². The Kier molecular flexibility index (Phi) is 7.49. The molecule has 186 valence electrons. The number of ether oxygens (including phenoxy) is 2. The van der Waals surface area contributed by atoms with E-state index >= 15 is 0 Å². The van der Waals surface area contributed by atoms with E-state index in [1.54, 1.807) is 25.6 Å². The predicted molar refractivity (Wildman–Crippen MR) is 137 cm³/mol. The lowest BCUT2D eigenvalue weighted by Gasteiger charge is -2.26. The molecule has 36 heavy (non-hydrogen) atoms. The standard InChI is InChI=1S/C27H30N6O3/c1-35-21-5-8-28-24(18-21)23-6-9-29-26(32-23)16-19-3-4-22-20(15-19)17-25(31-22)27(34)30-7-2-10-33-11-13-36-14-12-33/h3-6,8-9,15,17-18,31H,2,7,10-14,16H2,1H3,(H,30,34). The van der Waals surface area contributed by atoms with Gasteiger partial charge in [-0.25, -0.2) is 9.97 Å². The van der Waals surface area contributed by atoms with Crippen LogP contribution in [0.2, 0.25) is 0 Å². The lowest BCUT2D eigenvalue weighted by molar-refractivity contribution is 0.0374. The minimum absolute atomic E-state index is 0.0865. The summed E-state index contributed by atoms with van der Waals surface area (Å²) in [5.74, 6) is 1.34. The molecule has 4 heterocycles. The lowest BCUT2D eigenvalue weighted by Crippen LogP contribution is -2.38. The summed E-state index contributed by atoms with van der Waals surface area (Å²) >= 11 is 0. The number of carbonyl (C=O) groups is 1. The van der Waals surface area contributed by atoms with Crippen LogP contribution in [0.5, 0.6) is 5.75 Å². The summed E-state index contributed by atoms with van der Waals surface area (Å²) in [6.07, 6.45) is 4.94. The molecule has 1 saturated heterocycles. The molecule has 9 heteroatoms. The maximum atomic E-state index is 12.6. The number of H-pyrrole nitrogens is 1. The second-order valence-electron chi connectivity index (χ2n) is 8.78. The number of benzene rings is 1. The van der Waals surface area contributed by atoms with Crippen molar-refractivity contribution >= 4 is 16.8 Å². The Hall–Kier alpha value is -3.82. The van der Waals surface area contributed by atoms with E-state index in [1.807, 2.05) is 30.3 Å². The summed E-state index contributed by atoms with van der Waals surface area (Å²) in [5.41, 5.74) is 4.03. The fourth-order valence-corrected chi connectivity index (χ4v) is 4.33. The number of rotatable bonds is 9. The smallest absolute Gasteiger partial charge is 0.267 e. The first-order chi connectivity index (χ1) is 17.7. The molecule has 0 unspecified atom stereocenters. The van der Waals surface area contributed by atoms with Gasteiger partial charge in [-0.15, -0.1) is 0 Å². The minimum atomic E-state index is -0.0865. The van der Waals surface area contributed by atoms with E-state index in [4.69, 9.17) is 14.5 Å². The van der Waals surface area contributed by atoms with Crippen LogP contribution >= 0.6 is 0 Å². The zero-order valence-electron chi connectivity index (χ0n) is 20.4. The molecule has 1 fully saturated rings. The van der Waals surface area contributed by atoms with Crippen molar-refractivity contribution in [3.8, 4) is 17.1 Å². The molecule has 0 atom stereocenters. The van der Waals surface area contributed by atoms with Gasteiger partial charge < -0.3 is 19.8 Å². The van der Waals surface area contributed by atoms with Crippen molar-refractivity contribution in [2.24, 2.45) is 0 Å². The number of carbonyl (C=O) groups excluding carboxylic acids is 1. The average molecular weight is 487 g/mol. The summed E-state index contributed by atoms with van der Waals surface area (Å²) in [6, 6.07) is 13.5. The minimum Gasteiger partial charge on any atom is -0.497 e. The van der Waals surface area contributed by atoms with Crippen LogP contribution in [0.25, 0.3) is 22.3 Å². The molecule has 0 radical (unpaired) electrons. The molecule has 1 aromatic carbocycles. The molecule has 2 N–H and O–H groups in total. The van der Waals surface area contributed by atoms with E-state index in [0.717, 1.165) is 72.9 Å². The lowest BCUT2D eigenvalue weighted by atomic mass is 10.1. The van der Waals surface area contributed by atoms with Crippen LogP contribution < -0.4 is 10.1 Å². The zero-order valence-corrected chi connectivity index (χ0v) is 20.4. The van der Waals surface area contributed by atoms with Crippen LogP contribution in [0, 0.1) is 0 Å². The number of nitrogens with one attached hydrogen (secondary N) is 2. The van der Waals surface area contributed by atoms with Gasteiger partial charge in [-0.1, -0.05) is 6.07 Å². The fourth-order valence-electron chi connectivity index (χ4n) is 4.33. The van der Waals surface area contributed by atoms with Crippen molar-refractivity contribution in [2.75, 3.05) is 46.5 Å². The number of methoxy groups -OCH3 is 1. The van der Waals surface area contributed by atoms with Gasteiger partial charge in [0.1, 0.15) is 17.3 Å². The monoisotopic (exact) mass is 486 g/mol. The predicted octanol–water partition coefficient (Wildman–Crippen LogP) is 3.07. The van der Waals surface area contributed by atoms with Crippen molar-refractivity contribution in [3.63, 3.8) is 0 Å². The van der Waals surface area contributed by atoms with Gasteiger partial charge in [0.25, 0.3) is 5.91 Å². The van der Waals surface area contributed by atoms with Crippen molar-refractivity contribution < 1.29 is 14.3 Å². The van der Waals surface area contributed by atoms with Crippen molar-refractivity contribution in [2.45, 2.75) is 12.8 Å². The highest BCUT2D eigenvalue weighted by atomic mass is 16.5. The van der Waals surface area contributed by atoms with Crippen molar-refractivity contribution in [3.05, 3.63) is 71.9 Å². The Morgan fingerprint density at radius 1 is 1.08 bits per heavy atom. The quantitative estimate of drug-likeness (QED) is 0.350. The Balaban J connectivity index is 1.21. The number of nitrogens with zero attached hydrogens (tertiary/aromatic N) is 4. The normalized spacial score (nSPS) is 14.1. The summed E-state index contributed by atoms with van der Waals surface area (Å²) < 4.78 is 10.7. The maximum Gasteiger partial charge on any atom is 0.267 e. The second kappa shape index (κ2) is 11.3. The van der Waals surface area contributed by atoms with Gasteiger partial charge in [0, 0.05) is 55.4 Å². The highest BCUT2D eigenvalue weighted by molar-refractivity contribution is 5.98. The van der Waals surface area contributed by atoms with Gasteiger partial charge in [0.2, 0.25) is 0 Å². The molecular formula is C27H30N6O3. The summed E-state index contributed by atoms with van der Waals surface area (Å²) in [6.45, 7) is 5.13. The molecule has 0 aliphatic carbocycles. The number of morpholine rings is 1. The first kappa shape index (κ1) is 23.9. The van der Waals surface area contributed by atoms with Gasteiger partial charge in [0.15, 0.2) is 0 Å². The van der Waals surface area contributed by atoms with Crippen LogP contribution in [0.3, 0.4) is 0 Å². The second-order valence-corrected chi connectivity index (χ2v) is 8.78. The summed E-state index contributed by atoms with van der Waals surface area (Å²) in [5, 5.41) is 4.00. The largest absolute Gasteiger partial charge is 0.497 e. The van der Waals surface area contributed by atoms with Crippen LogP contribution in [-0.2, 0) is 11.2 Å². The number of pyridine rings is 1. The zero-order chi connectivity index (χ0) is 24.7. The molecule has 9 nitrogen and oxygen atoms in total. The molecule has 3 aromatic heterocycles. The van der Waals surface area contributed by atoms with Crippen molar-refractivity contribution in [1.29, 1.82) is 0 Å². The fraction of sp³-hybridized carbons (Fsp3) is 0.333. The molecular weight excluding hydrogens is 456 g/mol. The van der Waals surface area contributed by atoms with Crippen molar-refractivity contribution in [1.82, 2.24) is 30.2 Å². The van der Waals surface area contributed by atoms with E-state index in [2.05, 4.69) is 31.2 Å². The SMILES string of the molecule is COc1ccnc(-c2ccnc(Cc3ccc4[nH]c(C(=O)NCCCN5CCOCC5)cc4c3)n2)c1. The van der Waals surface area contributed by atoms with Crippen LogP contribution in [0.15, 0.2) is 54.9 Å². The van der Waals surface area contributed by atoms with Gasteiger partial charge in [-0.05, 0) is 48.9 Å². The first-order valence-corrected chi connectivity index (χ1v) is 12.2. The Morgan fingerprint density at radius 3 is 2.81 bits per heavy atom. The molecule has 0 bridgehead atoms. The number of aromatic nitrogens is 4. The maximum absolute atomic E-state index is 12.6. The number of aromatic amines is 1. The molecule has 0 spiro atoms. The Bertz CT molecular complexity index is 1330. The van der Waals surface area contributed by atoms with E-state index < -0.39 is 0 Å². The van der Waals surface area contributed by atoms with Crippen LogP contribution in [0.1, 0.15) is 28.3 Å². The molecule has 1 amide bonds. The molecule has 0 saturated carbocycles. The average Bonchev–Trinajstić information content (AvgIpc) is 3.35. The summed E-state index contributed by atoms with van der Waals surface area (Å²) in [4.78, 5) is 31.8.